The Morgan fingerprint density at radius 3 is 2.33 bits per heavy atom. The van der Waals surface area contributed by atoms with Crippen LogP contribution in [0, 0.1) is 6.92 Å². The van der Waals surface area contributed by atoms with Crippen LogP contribution >= 0.6 is 11.6 Å². The first kappa shape index (κ1) is 24.7. The number of fused-ring (bicyclic) bond motifs is 1. The molecule has 0 radical (unpaired) electrons. The van der Waals surface area contributed by atoms with Gasteiger partial charge >= 0.3 is 11.9 Å². The molecule has 0 bridgehead atoms. The predicted octanol–water partition coefficient (Wildman–Crippen LogP) is 4.66. The maximum atomic E-state index is 13.2. The molecule has 0 unspecified atom stereocenters. The van der Waals surface area contributed by atoms with E-state index in [2.05, 4.69) is 5.32 Å². The van der Waals surface area contributed by atoms with Crippen LogP contribution in [0.1, 0.15) is 26.4 Å². The molecule has 8 nitrogen and oxygen atoms in total. The van der Waals surface area contributed by atoms with Crippen molar-refractivity contribution < 1.29 is 24.2 Å². The fraction of sp³-hybridized carbons (Fsp3) is 0.111. The lowest BCUT2D eigenvalue weighted by molar-refractivity contribution is -0.119. The summed E-state index contributed by atoms with van der Waals surface area (Å²) >= 11 is 6.04. The lowest BCUT2D eigenvalue weighted by Crippen LogP contribution is -2.28. The molecule has 4 aromatic rings. The van der Waals surface area contributed by atoms with Crippen molar-refractivity contribution in [3.8, 4) is 11.1 Å². The van der Waals surface area contributed by atoms with E-state index in [0.717, 1.165) is 5.56 Å². The third-order valence-corrected chi connectivity index (χ3v) is 5.99. The average molecular weight is 505 g/mol. The van der Waals surface area contributed by atoms with Gasteiger partial charge in [0.25, 0.3) is 11.5 Å². The van der Waals surface area contributed by atoms with Crippen molar-refractivity contribution in [2.75, 3.05) is 11.9 Å². The molecule has 1 heterocycles. The Morgan fingerprint density at radius 2 is 1.67 bits per heavy atom. The Morgan fingerprint density at radius 1 is 1.00 bits per heavy atom. The van der Waals surface area contributed by atoms with Crippen LogP contribution in [0.5, 0.6) is 0 Å². The van der Waals surface area contributed by atoms with E-state index in [1.165, 1.54) is 29.8 Å². The first-order valence-electron chi connectivity index (χ1n) is 10.9. The molecule has 3 aromatic carbocycles. The second-order valence-electron chi connectivity index (χ2n) is 8.12. The number of halogens is 1. The molecule has 0 spiro atoms. The number of carboxylic acid groups (broad SMARTS) is 1. The Labute approximate surface area is 210 Å². The highest BCUT2D eigenvalue weighted by Gasteiger charge is 2.23. The Bertz CT molecular complexity index is 1570. The molecule has 0 saturated carbocycles. The highest BCUT2D eigenvalue weighted by molar-refractivity contribution is 6.33. The fourth-order valence-electron chi connectivity index (χ4n) is 3.86. The molecule has 0 fully saturated rings. The van der Waals surface area contributed by atoms with Crippen molar-refractivity contribution in [1.82, 2.24) is 4.57 Å². The Hall–Kier alpha value is -4.43. The van der Waals surface area contributed by atoms with Gasteiger partial charge in [-0.3, -0.25) is 9.59 Å². The normalized spacial score (nSPS) is 10.8. The lowest BCUT2D eigenvalue weighted by Gasteiger charge is -2.17. The first-order chi connectivity index (χ1) is 17.2. The number of carbonyl (C=O) groups excluding carboxylic acids is 2. The van der Waals surface area contributed by atoms with E-state index >= 15 is 0 Å². The summed E-state index contributed by atoms with van der Waals surface area (Å²) in [4.78, 5) is 49.9. The predicted molar refractivity (Wildman–Crippen MR) is 137 cm³/mol. The van der Waals surface area contributed by atoms with Crippen molar-refractivity contribution in [1.29, 1.82) is 0 Å². The van der Waals surface area contributed by atoms with E-state index in [4.69, 9.17) is 21.4 Å². The number of hydrogen-bond donors (Lipinski definition) is 2. The Kier molecular flexibility index (Phi) is 6.89. The largest absolute Gasteiger partial charge is 0.478 e. The van der Waals surface area contributed by atoms with Crippen molar-refractivity contribution >= 4 is 45.9 Å². The number of nitrogens with zero attached hydrogens (tertiary/aromatic N) is 1. The van der Waals surface area contributed by atoms with Gasteiger partial charge in [-0.1, -0.05) is 59.6 Å². The summed E-state index contributed by atoms with van der Waals surface area (Å²) in [7, 11) is 1.47. The number of aromatic carboxylic acids is 1. The summed E-state index contributed by atoms with van der Waals surface area (Å²) in [6.07, 6.45) is 0. The highest BCUT2D eigenvalue weighted by atomic mass is 35.5. The number of rotatable bonds is 6. The van der Waals surface area contributed by atoms with E-state index in [-0.39, 0.29) is 27.5 Å². The van der Waals surface area contributed by atoms with Crippen LogP contribution in [0.15, 0.2) is 71.5 Å². The molecule has 36 heavy (non-hydrogen) atoms. The molecule has 182 valence electrons. The monoisotopic (exact) mass is 504 g/mol. The summed E-state index contributed by atoms with van der Waals surface area (Å²) in [5.41, 5.74) is 1.86. The van der Waals surface area contributed by atoms with Gasteiger partial charge in [0.2, 0.25) is 0 Å². The first-order valence-corrected chi connectivity index (χ1v) is 11.2. The van der Waals surface area contributed by atoms with Gasteiger partial charge in [-0.15, -0.1) is 0 Å². The number of amides is 1. The number of benzene rings is 3. The highest BCUT2D eigenvalue weighted by Crippen LogP contribution is 2.31. The molecule has 0 atom stereocenters. The standard InChI is InChI=1S/C27H21ClN2O6/c1-15-7-9-16(10-8-15)23-18-5-3-4-6-19(18)25(32)30(2)24(23)27(35)36-14-22(31)29-21-13-17(26(33)34)11-12-20(21)28/h3-13H,14H2,1-2H3,(H,29,31)(H,33,34). The van der Waals surface area contributed by atoms with Gasteiger partial charge in [-0.25, -0.2) is 9.59 Å². The maximum absolute atomic E-state index is 13.2. The number of carbonyl (C=O) groups is 3. The smallest absolute Gasteiger partial charge is 0.356 e. The number of hydrogen-bond acceptors (Lipinski definition) is 5. The van der Waals surface area contributed by atoms with E-state index in [1.807, 2.05) is 31.2 Å². The third kappa shape index (κ3) is 4.85. The van der Waals surface area contributed by atoms with Crippen LogP contribution in [-0.2, 0) is 16.6 Å². The summed E-state index contributed by atoms with van der Waals surface area (Å²) in [6, 6.07) is 18.3. The summed E-state index contributed by atoms with van der Waals surface area (Å²) in [5.74, 6) is -2.78. The number of ether oxygens (including phenoxy) is 1. The van der Waals surface area contributed by atoms with E-state index in [9.17, 15) is 19.2 Å². The quantitative estimate of drug-likeness (QED) is 0.369. The number of nitrogens with one attached hydrogen (secondary N) is 1. The van der Waals surface area contributed by atoms with Crippen LogP contribution in [0.3, 0.4) is 0 Å². The minimum absolute atomic E-state index is 0.00117. The van der Waals surface area contributed by atoms with Crippen LogP contribution < -0.4 is 10.9 Å². The zero-order valence-corrected chi connectivity index (χ0v) is 20.1. The van der Waals surface area contributed by atoms with Gasteiger partial charge in [-0.05, 0) is 42.1 Å². The van der Waals surface area contributed by atoms with Crippen LogP contribution in [0.4, 0.5) is 5.69 Å². The Balaban J connectivity index is 1.67. The minimum Gasteiger partial charge on any atom is -0.478 e. The molecule has 0 aliphatic carbocycles. The SMILES string of the molecule is Cc1ccc(-c2c(C(=O)OCC(=O)Nc3cc(C(=O)O)ccc3Cl)n(C)c(=O)c3ccccc23)cc1. The molecule has 1 amide bonds. The van der Waals surface area contributed by atoms with Crippen molar-refractivity contribution in [3.05, 3.63) is 98.9 Å². The molecule has 2 N–H and O–H groups in total. The van der Waals surface area contributed by atoms with Gasteiger partial charge < -0.3 is 19.7 Å². The van der Waals surface area contributed by atoms with Crippen molar-refractivity contribution in [2.45, 2.75) is 6.92 Å². The van der Waals surface area contributed by atoms with Gasteiger partial charge in [0.15, 0.2) is 6.61 Å². The topological polar surface area (TPSA) is 115 Å². The summed E-state index contributed by atoms with van der Waals surface area (Å²) in [6.45, 7) is 1.26. The molecule has 1 aromatic heterocycles. The van der Waals surface area contributed by atoms with Crippen molar-refractivity contribution in [2.24, 2.45) is 7.05 Å². The second-order valence-corrected chi connectivity index (χ2v) is 8.53. The molecular weight excluding hydrogens is 484 g/mol. The second kappa shape index (κ2) is 10.1. The number of anilines is 1. The maximum Gasteiger partial charge on any atom is 0.356 e. The minimum atomic E-state index is -1.19. The molecule has 4 rings (SSSR count). The lowest BCUT2D eigenvalue weighted by atomic mass is 9.96. The van der Waals surface area contributed by atoms with Gasteiger partial charge in [0, 0.05) is 18.0 Å². The molecular formula is C27H21ClN2O6. The van der Waals surface area contributed by atoms with Gasteiger partial charge in [0.1, 0.15) is 5.69 Å². The molecule has 0 saturated heterocycles. The number of aromatic nitrogens is 1. The number of aryl methyl sites for hydroxylation is 1. The van der Waals surface area contributed by atoms with Crippen LogP contribution in [0.25, 0.3) is 21.9 Å². The third-order valence-electron chi connectivity index (χ3n) is 5.66. The zero-order valence-electron chi connectivity index (χ0n) is 19.4. The number of pyridine rings is 1. The van der Waals surface area contributed by atoms with Crippen molar-refractivity contribution in [3.63, 3.8) is 0 Å². The van der Waals surface area contributed by atoms with E-state index in [0.29, 0.717) is 21.9 Å². The van der Waals surface area contributed by atoms with Crippen LogP contribution in [0.2, 0.25) is 5.02 Å². The van der Waals surface area contributed by atoms with E-state index < -0.39 is 24.5 Å². The molecule has 9 heteroatoms. The van der Waals surface area contributed by atoms with Gasteiger partial charge in [0.05, 0.1) is 16.3 Å². The van der Waals surface area contributed by atoms with E-state index in [1.54, 1.807) is 24.3 Å². The fourth-order valence-corrected chi connectivity index (χ4v) is 4.02. The molecule has 0 aliphatic rings. The number of esters is 1. The average Bonchev–Trinajstić information content (AvgIpc) is 2.86. The summed E-state index contributed by atoms with van der Waals surface area (Å²) in [5, 5.41) is 12.7. The zero-order chi connectivity index (χ0) is 26.0. The summed E-state index contributed by atoms with van der Waals surface area (Å²) < 4.78 is 6.49. The van der Waals surface area contributed by atoms with Gasteiger partial charge in [-0.2, -0.15) is 0 Å². The van der Waals surface area contributed by atoms with Crippen LogP contribution in [-0.4, -0.2) is 34.1 Å². The molecule has 0 aliphatic heterocycles. The number of carboxylic acids is 1.